The Morgan fingerprint density at radius 3 is 2.61 bits per heavy atom. The molecule has 0 bridgehead atoms. The molecule has 1 fully saturated rings. The summed E-state index contributed by atoms with van der Waals surface area (Å²) in [7, 11) is 0. The Morgan fingerprint density at radius 1 is 1.17 bits per heavy atom. The SMILES string of the molecule is Nc1nc(N2CCOCC2)nn1-c1ccncc1. The van der Waals surface area contributed by atoms with E-state index in [2.05, 4.69) is 20.0 Å². The maximum atomic E-state index is 5.89. The summed E-state index contributed by atoms with van der Waals surface area (Å²) in [5.74, 6) is 1.02. The van der Waals surface area contributed by atoms with Crippen LogP contribution in [0.4, 0.5) is 11.9 Å². The Kier molecular flexibility index (Phi) is 2.81. The van der Waals surface area contributed by atoms with Crippen LogP contribution in [-0.2, 0) is 4.74 Å². The summed E-state index contributed by atoms with van der Waals surface area (Å²) in [6, 6.07) is 3.68. The second-order valence-corrected chi connectivity index (χ2v) is 3.99. The van der Waals surface area contributed by atoms with Gasteiger partial charge in [-0.15, -0.1) is 5.10 Å². The van der Waals surface area contributed by atoms with Gasteiger partial charge in [0.2, 0.25) is 11.9 Å². The molecule has 94 valence electrons. The van der Waals surface area contributed by atoms with Crippen molar-refractivity contribution in [3.8, 4) is 5.69 Å². The number of rotatable bonds is 2. The monoisotopic (exact) mass is 246 g/mol. The lowest BCUT2D eigenvalue weighted by Crippen LogP contribution is -2.37. The molecule has 1 saturated heterocycles. The molecule has 3 rings (SSSR count). The van der Waals surface area contributed by atoms with E-state index in [9.17, 15) is 0 Å². The van der Waals surface area contributed by atoms with Crippen molar-refractivity contribution in [3.05, 3.63) is 24.5 Å². The highest BCUT2D eigenvalue weighted by molar-refractivity contribution is 5.42. The van der Waals surface area contributed by atoms with Crippen LogP contribution in [-0.4, -0.2) is 46.1 Å². The van der Waals surface area contributed by atoms with Crippen molar-refractivity contribution in [1.82, 2.24) is 19.7 Å². The molecule has 0 aliphatic carbocycles. The van der Waals surface area contributed by atoms with Crippen molar-refractivity contribution < 1.29 is 4.74 Å². The minimum Gasteiger partial charge on any atom is -0.378 e. The minimum atomic E-state index is 0.377. The Labute approximate surface area is 104 Å². The average Bonchev–Trinajstić information content (AvgIpc) is 2.83. The number of morpholine rings is 1. The summed E-state index contributed by atoms with van der Waals surface area (Å²) in [5, 5.41) is 4.43. The Balaban J connectivity index is 1.91. The predicted octanol–water partition coefficient (Wildman–Crippen LogP) is 0.0811. The van der Waals surface area contributed by atoms with E-state index >= 15 is 0 Å². The number of nitrogens with two attached hydrogens (primary N) is 1. The summed E-state index contributed by atoms with van der Waals surface area (Å²) in [5.41, 5.74) is 6.75. The molecule has 18 heavy (non-hydrogen) atoms. The molecule has 0 amide bonds. The van der Waals surface area contributed by atoms with Crippen LogP contribution in [0.25, 0.3) is 5.69 Å². The zero-order valence-electron chi connectivity index (χ0n) is 9.86. The molecule has 1 aliphatic rings. The fourth-order valence-electron chi connectivity index (χ4n) is 1.89. The van der Waals surface area contributed by atoms with Gasteiger partial charge in [0, 0.05) is 25.5 Å². The molecular weight excluding hydrogens is 232 g/mol. The largest absolute Gasteiger partial charge is 0.378 e. The van der Waals surface area contributed by atoms with Gasteiger partial charge in [-0.2, -0.15) is 9.67 Å². The molecule has 0 radical (unpaired) electrons. The van der Waals surface area contributed by atoms with Gasteiger partial charge in [-0.05, 0) is 12.1 Å². The molecule has 3 heterocycles. The number of anilines is 2. The molecule has 2 aromatic heterocycles. The summed E-state index contributed by atoms with van der Waals surface area (Å²) < 4.78 is 6.92. The topological polar surface area (TPSA) is 82.1 Å². The van der Waals surface area contributed by atoms with Gasteiger partial charge in [0.05, 0.1) is 18.9 Å². The van der Waals surface area contributed by atoms with E-state index < -0.39 is 0 Å². The van der Waals surface area contributed by atoms with E-state index in [1.165, 1.54) is 0 Å². The molecule has 2 N–H and O–H groups in total. The molecule has 0 unspecified atom stereocenters. The molecule has 0 aromatic carbocycles. The van der Waals surface area contributed by atoms with Crippen molar-refractivity contribution in [2.24, 2.45) is 0 Å². The van der Waals surface area contributed by atoms with Crippen LogP contribution >= 0.6 is 0 Å². The van der Waals surface area contributed by atoms with Crippen molar-refractivity contribution in [2.45, 2.75) is 0 Å². The maximum absolute atomic E-state index is 5.89. The first-order chi connectivity index (χ1) is 8.84. The predicted molar refractivity (Wildman–Crippen MR) is 66.6 cm³/mol. The molecule has 0 spiro atoms. The second-order valence-electron chi connectivity index (χ2n) is 3.99. The molecular formula is C11H14N6O. The minimum absolute atomic E-state index is 0.377. The Bertz CT molecular complexity index is 520. The van der Waals surface area contributed by atoms with E-state index in [-0.39, 0.29) is 0 Å². The van der Waals surface area contributed by atoms with E-state index in [1.54, 1.807) is 17.1 Å². The zero-order chi connectivity index (χ0) is 12.4. The second kappa shape index (κ2) is 4.61. The summed E-state index contributed by atoms with van der Waals surface area (Å²) in [4.78, 5) is 10.3. The zero-order valence-corrected chi connectivity index (χ0v) is 9.86. The van der Waals surface area contributed by atoms with Gasteiger partial charge >= 0.3 is 0 Å². The van der Waals surface area contributed by atoms with E-state index in [4.69, 9.17) is 10.5 Å². The standard InChI is InChI=1S/C11H14N6O/c12-10-14-11(16-5-7-18-8-6-16)15-17(10)9-1-3-13-4-2-9/h1-4H,5-8H2,(H2,12,14,15). The van der Waals surface area contributed by atoms with Crippen LogP contribution in [0.15, 0.2) is 24.5 Å². The molecule has 7 nitrogen and oxygen atoms in total. The van der Waals surface area contributed by atoms with E-state index in [0.29, 0.717) is 25.1 Å². The third-order valence-corrected chi connectivity index (χ3v) is 2.82. The first kappa shape index (κ1) is 11.0. The lowest BCUT2D eigenvalue weighted by molar-refractivity contribution is 0.122. The third-order valence-electron chi connectivity index (χ3n) is 2.82. The van der Waals surface area contributed by atoms with Gasteiger partial charge < -0.3 is 15.4 Å². The summed E-state index contributed by atoms with van der Waals surface area (Å²) in [6.07, 6.45) is 3.40. The molecule has 0 atom stereocenters. The van der Waals surface area contributed by atoms with Gasteiger partial charge in [0.15, 0.2) is 0 Å². The van der Waals surface area contributed by atoms with E-state index in [0.717, 1.165) is 18.8 Å². The highest BCUT2D eigenvalue weighted by Crippen LogP contribution is 2.16. The van der Waals surface area contributed by atoms with Gasteiger partial charge in [-0.3, -0.25) is 4.98 Å². The molecule has 2 aromatic rings. The van der Waals surface area contributed by atoms with Crippen molar-refractivity contribution in [1.29, 1.82) is 0 Å². The van der Waals surface area contributed by atoms with Crippen LogP contribution in [0.3, 0.4) is 0 Å². The first-order valence-electron chi connectivity index (χ1n) is 5.80. The molecule has 1 aliphatic heterocycles. The number of hydrogen-bond acceptors (Lipinski definition) is 6. The number of hydrogen-bond donors (Lipinski definition) is 1. The van der Waals surface area contributed by atoms with Crippen LogP contribution in [0.2, 0.25) is 0 Å². The Hall–Kier alpha value is -2.15. The van der Waals surface area contributed by atoms with Gasteiger partial charge in [-0.1, -0.05) is 0 Å². The van der Waals surface area contributed by atoms with Gasteiger partial charge in [0.25, 0.3) is 0 Å². The third kappa shape index (κ3) is 2.00. The normalized spacial score (nSPS) is 15.9. The van der Waals surface area contributed by atoms with Crippen LogP contribution in [0, 0.1) is 0 Å². The van der Waals surface area contributed by atoms with Crippen LogP contribution in [0.1, 0.15) is 0 Å². The first-order valence-corrected chi connectivity index (χ1v) is 5.80. The van der Waals surface area contributed by atoms with Crippen molar-refractivity contribution >= 4 is 11.9 Å². The van der Waals surface area contributed by atoms with Crippen molar-refractivity contribution in [2.75, 3.05) is 36.9 Å². The number of nitrogen functional groups attached to an aromatic ring is 1. The maximum Gasteiger partial charge on any atom is 0.247 e. The van der Waals surface area contributed by atoms with Crippen molar-refractivity contribution in [3.63, 3.8) is 0 Å². The highest BCUT2D eigenvalue weighted by atomic mass is 16.5. The van der Waals surface area contributed by atoms with Gasteiger partial charge in [-0.25, -0.2) is 0 Å². The fourth-order valence-corrected chi connectivity index (χ4v) is 1.89. The molecule has 0 saturated carbocycles. The Morgan fingerprint density at radius 2 is 1.89 bits per heavy atom. The lowest BCUT2D eigenvalue weighted by atomic mass is 10.4. The average molecular weight is 246 g/mol. The van der Waals surface area contributed by atoms with Crippen LogP contribution in [0.5, 0.6) is 0 Å². The quantitative estimate of drug-likeness (QED) is 0.808. The number of ether oxygens (including phenoxy) is 1. The number of aromatic nitrogens is 4. The lowest BCUT2D eigenvalue weighted by Gasteiger charge is -2.25. The fraction of sp³-hybridized carbons (Fsp3) is 0.364. The van der Waals surface area contributed by atoms with E-state index in [1.807, 2.05) is 12.1 Å². The molecule has 7 heteroatoms. The smallest absolute Gasteiger partial charge is 0.247 e. The summed E-state index contributed by atoms with van der Waals surface area (Å²) >= 11 is 0. The summed E-state index contributed by atoms with van der Waals surface area (Å²) in [6.45, 7) is 2.98. The number of nitrogens with zero attached hydrogens (tertiary/aromatic N) is 5. The van der Waals surface area contributed by atoms with Crippen LogP contribution < -0.4 is 10.6 Å². The van der Waals surface area contributed by atoms with Gasteiger partial charge in [0.1, 0.15) is 0 Å². The number of pyridine rings is 1. The highest BCUT2D eigenvalue weighted by Gasteiger charge is 2.17.